The highest BCUT2D eigenvalue weighted by molar-refractivity contribution is 7.13. The molecule has 0 aliphatic rings. The Bertz CT molecular complexity index is 989. The van der Waals surface area contributed by atoms with Crippen LogP contribution in [0.4, 0.5) is 11.5 Å². The van der Waals surface area contributed by atoms with Crippen molar-refractivity contribution < 1.29 is 4.74 Å². The molecule has 4 nitrogen and oxygen atoms in total. The Morgan fingerprint density at radius 3 is 2.71 bits per heavy atom. The van der Waals surface area contributed by atoms with Gasteiger partial charge in [0, 0.05) is 5.69 Å². The molecule has 0 fully saturated rings. The van der Waals surface area contributed by atoms with Gasteiger partial charge in [-0.3, -0.25) is 4.40 Å². The predicted octanol–water partition coefficient (Wildman–Crippen LogP) is 5.12. The minimum atomic E-state index is 0.804. The first-order valence-electron chi connectivity index (χ1n) is 7.70. The highest BCUT2D eigenvalue weighted by Crippen LogP contribution is 2.36. The Kier molecular flexibility index (Phi) is 3.70. The molecule has 5 heteroatoms. The maximum absolute atomic E-state index is 5.48. The third kappa shape index (κ3) is 2.43. The van der Waals surface area contributed by atoms with Gasteiger partial charge >= 0.3 is 0 Å². The number of nitrogens with one attached hydrogen (secondary N) is 1. The van der Waals surface area contributed by atoms with Gasteiger partial charge in [0.05, 0.1) is 17.7 Å². The zero-order chi connectivity index (χ0) is 16.5. The van der Waals surface area contributed by atoms with Crippen LogP contribution in [0.25, 0.3) is 16.2 Å². The Morgan fingerprint density at radius 2 is 1.92 bits per heavy atom. The number of pyridine rings is 1. The highest BCUT2D eigenvalue weighted by Gasteiger charge is 2.17. The van der Waals surface area contributed by atoms with Gasteiger partial charge in [-0.1, -0.05) is 24.3 Å². The summed E-state index contributed by atoms with van der Waals surface area (Å²) in [6.45, 7) is 2.08. The van der Waals surface area contributed by atoms with E-state index in [9.17, 15) is 0 Å². The van der Waals surface area contributed by atoms with E-state index in [1.807, 2.05) is 42.5 Å². The number of hydrogen-bond donors (Lipinski definition) is 1. The van der Waals surface area contributed by atoms with Crippen LogP contribution in [0.1, 0.15) is 5.69 Å². The zero-order valence-electron chi connectivity index (χ0n) is 13.5. The second-order valence-electron chi connectivity index (χ2n) is 5.47. The fourth-order valence-electron chi connectivity index (χ4n) is 2.83. The fraction of sp³-hybridized carbons (Fsp3) is 0.105. The number of thiophene rings is 1. The zero-order valence-corrected chi connectivity index (χ0v) is 14.3. The van der Waals surface area contributed by atoms with Crippen LogP contribution >= 0.6 is 11.3 Å². The van der Waals surface area contributed by atoms with E-state index in [4.69, 9.17) is 9.72 Å². The number of rotatable bonds is 4. The first-order valence-corrected chi connectivity index (χ1v) is 8.58. The van der Waals surface area contributed by atoms with E-state index < -0.39 is 0 Å². The summed E-state index contributed by atoms with van der Waals surface area (Å²) in [5.41, 5.74) is 3.92. The smallest absolute Gasteiger partial charge is 0.144 e. The number of ether oxygens (including phenoxy) is 1. The van der Waals surface area contributed by atoms with Crippen molar-refractivity contribution in [1.29, 1.82) is 0 Å². The molecule has 0 amide bonds. The lowest BCUT2D eigenvalue weighted by Crippen LogP contribution is -2.00. The van der Waals surface area contributed by atoms with Gasteiger partial charge in [-0.25, -0.2) is 4.98 Å². The van der Waals surface area contributed by atoms with Crippen LogP contribution in [-0.2, 0) is 0 Å². The van der Waals surface area contributed by atoms with Crippen molar-refractivity contribution in [3.05, 3.63) is 65.7 Å². The third-order valence-electron chi connectivity index (χ3n) is 3.95. The number of imidazole rings is 1. The number of hydrogen-bond acceptors (Lipinski definition) is 4. The topological polar surface area (TPSA) is 38.6 Å². The van der Waals surface area contributed by atoms with Crippen LogP contribution in [0.15, 0.2) is 60.0 Å². The molecule has 0 aliphatic heterocycles. The van der Waals surface area contributed by atoms with Crippen molar-refractivity contribution in [2.24, 2.45) is 0 Å². The summed E-state index contributed by atoms with van der Waals surface area (Å²) in [5.74, 6) is 1.76. The lowest BCUT2D eigenvalue weighted by molar-refractivity contribution is 0.417. The van der Waals surface area contributed by atoms with Gasteiger partial charge < -0.3 is 10.1 Å². The van der Waals surface area contributed by atoms with E-state index in [0.717, 1.165) is 39.2 Å². The molecule has 3 aromatic heterocycles. The maximum atomic E-state index is 5.48. The molecule has 0 radical (unpaired) electrons. The van der Waals surface area contributed by atoms with Gasteiger partial charge in [0.15, 0.2) is 0 Å². The monoisotopic (exact) mass is 335 g/mol. The fourth-order valence-corrected chi connectivity index (χ4v) is 3.55. The van der Waals surface area contributed by atoms with E-state index >= 15 is 0 Å². The molecule has 0 aliphatic carbocycles. The van der Waals surface area contributed by atoms with Crippen LogP contribution in [-0.4, -0.2) is 16.5 Å². The van der Waals surface area contributed by atoms with Gasteiger partial charge in [-0.05, 0) is 42.6 Å². The number of nitrogens with zero attached hydrogens (tertiary/aromatic N) is 2. The predicted molar refractivity (Wildman–Crippen MR) is 99.5 cm³/mol. The van der Waals surface area contributed by atoms with Gasteiger partial charge in [0.25, 0.3) is 0 Å². The maximum Gasteiger partial charge on any atom is 0.144 e. The van der Waals surface area contributed by atoms with Gasteiger partial charge in [0.2, 0.25) is 0 Å². The summed E-state index contributed by atoms with van der Waals surface area (Å²) in [6, 6.07) is 18.2. The van der Waals surface area contributed by atoms with E-state index in [0.29, 0.717) is 0 Å². The minimum absolute atomic E-state index is 0.804. The molecule has 0 unspecified atom stereocenters. The lowest BCUT2D eigenvalue weighted by atomic mass is 10.2. The molecule has 1 N–H and O–H groups in total. The molecule has 4 aromatic rings. The summed E-state index contributed by atoms with van der Waals surface area (Å²) in [5, 5.41) is 5.59. The standard InChI is InChI=1S/C19H17N3OS/c1-13-7-5-11-17-21-18(16-10-6-12-24-16)19(22(13)17)20-14-8-3-4-9-15(14)23-2/h3-12,20H,1-2H3. The molecular weight excluding hydrogens is 318 g/mol. The number of benzene rings is 1. The SMILES string of the molecule is COc1ccccc1Nc1c(-c2cccs2)nc2cccc(C)n12. The third-order valence-corrected chi connectivity index (χ3v) is 4.83. The second-order valence-corrected chi connectivity index (χ2v) is 6.42. The molecule has 0 saturated carbocycles. The number of fused-ring (bicyclic) bond motifs is 1. The number of aromatic nitrogens is 2. The lowest BCUT2D eigenvalue weighted by Gasteiger charge is -2.13. The van der Waals surface area contributed by atoms with E-state index in [2.05, 4.69) is 34.2 Å². The average molecular weight is 335 g/mol. The molecule has 0 spiro atoms. The number of anilines is 2. The Morgan fingerprint density at radius 1 is 1.04 bits per heavy atom. The summed E-state index contributed by atoms with van der Waals surface area (Å²) >= 11 is 1.68. The normalized spacial score (nSPS) is 10.9. The van der Waals surface area contributed by atoms with Crippen molar-refractivity contribution >= 4 is 28.5 Å². The Balaban J connectivity index is 1.94. The number of aryl methyl sites for hydroxylation is 1. The molecule has 4 rings (SSSR count). The van der Waals surface area contributed by atoms with Gasteiger partial charge in [0.1, 0.15) is 22.9 Å². The molecule has 0 bridgehead atoms. The van der Waals surface area contributed by atoms with Crippen LogP contribution in [0, 0.1) is 6.92 Å². The Hall–Kier alpha value is -2.79. The van der Waals surface area contributed by atoms with Crippen molar-refractivity contribution in [2.75, 3.05) is 12.4 Å². The summed E-state index contributed by atoms with van der Waals surface area (Å²) in [7, 11) is 1.68. The summed E-state index contributed by atoms with van der Waals surface area (Å²) < 4.78 is 7.62. The largest absolute Gasteiger partial charge is 0.495 e. The van der Waals surface area contributed by atoms with E-state index in [-0.39, 0.29) is 0 Å². The van der Waals surface area contributed by atoms with Crippen molar-refractivity contribution in [3.63, 3.8) is 0 Å². The highest BCUT2D eigenvalue weighted by atomic mass is 32.1. The minimum Gasteiger partial charge on any atom is -0.495 e. The van der Waals surface area contributed by atoms with Gasteiger partial charge in [-0.15, -0.1) is 11.3 Å². The Labute approximate surface area is 144 Å². The first-order chi connectivity index (χ1) is 11.8. The molecule has 0 saturated heterocycles. The van der Waals surface area contributed by atoms with Crippen LogP contribution in [0.3, 0.4) is 0 Å². The van der Waals surface area contributed by atoms with Gasteiger partial charge in [-0.2, -0.15) is 0 Å². The van der Waals surface area contributed by atoms with Crippen molar-refractivity contribution in [3.8, 4) is 16.3 Å². The molecule has 1 aromatic carbocycles. The van der Waals surface area contributed by atoms with Crippen LogP contribution < -0.4 is 10.1 Å². The van der Waals surface area contributed by atoms with Crippen LogP contribution in [0.5, 0.6) is 5.75 Å². The molecular formula is C19H17N3OS. The van der Waals surface area contributed by atoms with E-state index in [1.54, 1.807) is 18.4 Å². The molecule has 24 heavy (non-hydrogen) atoms. The second kappa shape index (κ2) is 6.02. The van der Waals surface area contributed by atoms with E-state index in [1.165, 1.54) is 0 Å². The molecule has 120 valence electrons. The van der Waals surface area contributed by atoms with Crippen molar-refractivity contribution in [2.45, 2.75) is 6.92 Å². The quantitative estimate of drug-likeness (QED) is 0.562. The first kappa shape index (κ1) is 14.8. The average Bonchev–Trinajstić information content (AvgIpc) is 3.24. The summed E-state index contributed by atoms with van der Waals surface area (Å²) in [6.07, 6.45) is 0. The van der Waals surface area contributed by atoms with Crippen LogP contribution in [0.2, 0.25) is 0 Å². The number of methoxy groups -OCH3 is 1. The number of para-hydroxylation sites is 2. The summed E-state index contributed by atoms with van der Waals surface area (Å²) in [4.78, 5) is 5.97. The molecule has 3 heterocycles. The van der Waals surface area contributed by atoms with Crippen molar-refractivity contribution in [1.82, 2.24) is 9.38 Å². The molecule has 0 atom stereocenters.